The predicted octanol–water partition coefficient (Wildman–Crippen LogP) is 0.936. The van der Waals surface area contributed by atoms with Gasteiger partial charge >= 0.3 is 0 Å². The number of aryl methyl sites for hydroxylation is 2. The van der Waals surface area contributed by atoms with Crippen molar-refractivity contribution in [1.29, 1.82) is 0 Å². The molecule has 6 heteroatoms. The first-order valence-electron chi connectivity index (χ1n) is 4.10. The number of H-pyrrole nitrogens is 2. The topological polar surface area (TPSA) is 57.4 Å². The summed E-state index contributed by atoms with van der Waals surface area (Å²) in [5, 5.41) is 13.8. The van der Waals surface area contributed by atoms with E-state index in [1.807, 2.05) is 13.8 Å². The van der Waals surface area contributed by atoms with Gasteiger partial charge in [-0.05, 0) is 6.42 Å². The molecule has 2 N–H and O–H groups in total. The minimum absolute atomic E-state index is 0. The first-order chi connectivity index (χ1) is 6.24. The largest absolute Gasteiger partial charge is 0.426 e. The van der Waals surface area contributed by atoms with Crippen molar-refractivity contribution in [2.24, 2.45) is 0 Å². The van der Waals surface area contributed by atoms with Gasteiger partial charge in [-0.3, -0.25) is 0 Å². The Bertz CT molecular complexity index is 369. The zero-order valence-corrected chi connectivity index (χ0v) is 14.4. The Kier molecular flexibility index (Phi) is 7.35. The average molecular weight is 352 g/mol. The molecule has 2 aromatic heterocycles. The molecule has 0 aromatic carbocycles. The summed E-state index contributed by atoms with van der Waals surface area (Å²) in [4.78, 5) is 0. The van der Waals surface area contributed by atoms with Crippen molar-refractivity contribution in [1.82, 2.24) is 20.4 Å². The SMILES string of the molecule is Cc1[c-]c(Cc2[c-]c(C)n[nH]2)[nH]n1.[Y].[Y]. The van der Waals surface area contributed by atoms with Crippen LogP contribution < -0.4 is 0 Å². The van der Waals surface area contributed by atoms with E-state index in [0.717, 1.165) is 29.2 Å². The zero-order valence-electron chi connectivity index (χ0n) is 8.76. The standard InChI is InChI=1S/C9H10N4.2Y/c1-6-3-8(12-10-6)5-9-4-7(2)11-13-9;;/h5H2,1-2H3,(H,10,12)(H,11,13);;/q-2;;. The summed E-state index contributed by atoms with van der Waals surface area (Å²) in [7, 11) is 0. The summed E-state index contributed by atoms with van der Waals surface area (Å²) < 4.78 is 0. The molecule has 0 saturated carbocycles. The molecule has 4 nitrogen and oxygen atoms in total. The fourth-order valence-electron chi connectivity index (χ4n) is 1.20. The van der Waals surface area contributed by atoms with Gasteiger partial charge in [0.2, 0.25) is 0 Å². The molecule has 2 radical (unpaired) electrons. The molecule has 2 heterocycles. The second-order valence-corrected chi connectivity index (χ2v) is 3.00. The van der Waals surface area contributed by atoms with Gasteiger partial charge in [-0.2, -0.15) is 0 Å². The van der Waals surface area contributed by atoms with Crippen LogP contribution in [-0.4, -0.2) is 20.4 Å². The Morgan fingerprint density at radius 2 is 1.33 bits per heavy atom. The van der Waals surface area contributed by atoms with Gasteiger partial charge in [0, 0.05) is 65.4 Å². The van der Waals surface area contributed by atoms with Crippen LogP contribution in [0.2, 0.25) is 0 Å². The summed E-state index contributed by atoms with van der Waals surface area (Å²) in [6.07, 6.45) is 0.724. The fraction of sp³-hybridized carbons (Fsp3) is 0.333. The molecule has 0 bridgehead atoms. The molecule has 15 heavy (non-hydrogen) atoms. The van der Waals surface area contributed by atoms with E-state index in [-0.39, 0.29) is 65.4 Å². The van der Waals surface area contributed by atoms with E-state index in [2.05, 4.69) is 32.5 Å². The van der Waals surface area contributed by atoms with E-state index in [1.165, 1.54) is 0 Å². The second kappa shape index (κ2) is 7.05. The van der Waals surface area contributed by atoms with Crippen LogP contribution in [0.1, 0.15) is 22.8 Å². The Labute approximate surface area is 139 Å². The monoisotopic (exact) mass is 352 g/mol. The molecule has 0 spiro atoms. The molecule has 0 saturated heterocycles. The van der Waals surface area contributed by atoms with Crippen LogP contribution in [0.5, 0.6) is 0 Å². The van der Waals surface area contributed by atoms with Gasteiger partial charge in [-0.15, -0.1) is 22.8 Å². The first kappa shape index (κ1) is 15.6. The van der Waals surface area contributed by atoms with Crippen LogP contribution in [0.4, 0.5) is 0 Å². The van der Waals surface area contributed by atoms with Crippen LogP contribution in [0.3, 0.4) is 0 Å². The van der Waals surface area contributed by atoms with E-state index in [4.69, 9.17) is 0 Å². The number of aromatic amines is 2. The number of hydrogen-bond acceptors (Lipinski definition) is 2. The molecule has 0 aliphatic heterocycles. The molecule has 74 valence electrons. The minimum Gasteiger partial charge on any atom is -0.426 e. The minimum atomic E-state index is 0. The molecule has 0 aliphatic rings. The van der Waals surface area contributed by atoms with Crippen molar-refractivity contribution in [3.8, 4) is 0 Å². The van der Waals surface area contributed by atoms with Gasteiger partial charge in [0.15, 0.2) is 0 Å². The van der Waals surface area contributed by atoms with Crippen molar-refractivity contribution < 1.29 is 65.4 Å². The van der Waals surface area contributed by atoms with E-state index in [0.29, 0.717) is 0 Å². The maximum Gasteiger partial charge on any atom is 0 e. The van der Waals surface area contributed by atoms with E-state index in [1.54, 1.807) is 0 Å². The zero-order chi connectivity index (χ0) is 9.26. The first-order valence-corrected chi connectivity index (χ1v) is 4.10. The Morgan fingerprint density at radius 3 is 1.60 bits per heavy atom. The number of nitrogens with one attached hydrogen (secondary N) is 2. The maximum atomic E-state index is 3.99. The normalized spacial score (nSPS) is 9.20. The van der Waals surface area contributed by atoms with Crippen molar-refractivity contribution >= 4 is 0 Å². The van der Waals surface area contributed by atoms with Crippen LogP contribution in [0.15, 0.2) is 0 Å². The number of nitrogens with zero attached hydrogens (tertiary/aromatic N) is 2. The maximum absolute atomic E-state index is 3.99. The Hall–Kier alpha value is 0.628. The van der Waals surface area contributed by atoms with Gasteiger partial charge in [-0.1, -0.05) is 13.8 Å². The second-order valence-electron chi connectivity index (χ2n) is 3.00. The summed E-state index contributed by atoms with van der Waals surface area (Å²) in [6.45, 7) is 3.81. The van der Waals surface area contributed by atoms with E-state index >= 15 is 0 Å². The van der Waals surface area contributed by atoms with Crippen LogP contribution >= 0.6 is 0 Å². The summed E-state index contributed by atoms with van der Waals surface area (Å²) in [5.41, 5.74) is 3.67. The summed E-state index contributed by atoms with van der Waals surface area (Å²) in [5.74, 6) is 0. The van der Waals surface area contributed by atoms with Gasteiger partial charge < -0.3 is 22.3 Å². The van der Waals surface area contributed by atoms with Crippen molar-refractivity contribution in [3.05, 3.63) is 34.9 Å². The Morgan fingerprint density at radius 1 is 0.933 bits per heavy atom. The molecular formula is C9H10N4Y2-2. The molecule has 2 rings (SSSR count). The summed E-state index contributed by atoms with van der Waals surface area (Å²) >= 11 is 0. The molecule has 2 aromatic rings. The molecule has 0 atom stereocenters. The van der Waals surface area contributed by atoms with E-state index < -0.39 is 0 Å². The van der Waals surface area contributed by atoms with E-state index in [9.17, 15) is 0 Å². The third kappa shape index (κ3) is 4.56. The third-order valence-corrected chi connectivity index (χ3v) is 1.73. The van der Waals surface area contributed by atoms with Crippen LogP contribution in [0, 0.1) is 26.0 Å². The molecule has 0 aliphatic carbocycles. The van der Waals surface area contributed by atoms with Gasteiger partial charge in [0.05, 0.1) is 0 Å². The fourth-order valence-corrected chi connectivity index (χ4v) is 1.20. The van der Waals surface area contributed by atoms with Gasteiger partial charge in [-0.25, -0.2) is 10.2 Å². The van der Waals surface area contributed by atoms with Gasteiger partial charge in [0.25, 0.3) is 0 Å². The molecule has 0 amide bonds. The van der Waals surface area contributed by atoms with Crippen molar-refractivity contribution in [2.75, 3.05) is 0 Å². The molecule has 0 fully saturated rings. The van der Waals surface area contributed by atoms with Crippen molar-refractivity contribution in [3.63, 3.8) is 0 Å². The number of hydrogen-bond donors (Lipinski definition) is 2. The smallest absolute Gasteiger partial charge is 0 e. The Balaban J connectivity index is 0.000000980. The average Bonchev–Trinajstić information content (AvgIpc) is 2.62. The summed E-state index contributed by atoms with van der Waals surface area (Å²) in [6, 6.07) is 6.20. The van der Waals surface area contributed by atoms with Crippen molar-refractivity contribution in [2.45, 2.75) is 20.3 Å². The molecular weight excluding hydrogens is 342 g/mol. The number of rotatable bonds is 2. The van der Waals surface area contributed by atoms with Crippen LogP contribution in [-0.2, 0) is 71.8 Å². The predicted molar refractivity (Wildman–Crippen MR) is 47.1 cm³/mol. The number of aromatic nitrogens is 4. The third-order valence-electron chi connectivity index (χ3n) is 1.73. The molecule has 0 unspecified atom stereocenters. The quantitative estimate of drug-likeness (QED) is 0.791. The van der Waals surface area contributed by atoms with Gasteiger partial charge in [0.1, 0.15) is 0 Å². The van der Waals surface area contributed by atoms with Crippen LogP contribution in [0.25, 0.3) is 0 Å².